The van der Waals surface area contributed by atoms with Crippen molar-refractivity contribution in [3.8, 4) is 0 Å². The highest BCUT2D eigenvalue weighted by atomic mass is 32.2. The van der Waals surface area contributed by atoms with Crippen LogP contribution in [0.1, 0.15) is 20.3 Å². The molecule has 1 amide bonds. The van der Waals surface area contributed by atoms with Crippen LogP contribution in [0.2, 0.25) is 0 Å². The summed E-state index contributed by atoms with van der Waals surface area (Å²) in [5.41, 5.74) is 1.23. The number of hydrogen-bond donors (Lipinski definition) is 1. The smallest absolute Gasteiger partial charge is 0.230 e. The average Bonchev–Trinajstić information content (AvgIpc) is 2.55. The standard InChI is InChI=1S/C17H24N2O3S/c1-13(2)5-10-22-16-6-9-21-11-15(16)19-17(20)12-23-14-3-7-18-8-4-14/h3-5,7-8,15-16H,6,9-12H2,1-2H3,(H,19,20)/t15-,16+/m1/s1. The Hall–Kier alpha value is -1.37. The summed E-state index contributed by atoms with van der Waals surface area (Å²) in [6.07, 6.45) is 6.31. The zero-order valence-corrected chi connectivity index (χ0v) is 14.5. The molecule has 23 heavy (non-hydrogen) atoms. The molecule has 1 aromatic rings. The molecule has 2 atom stereocenters. The van der Waals surface area contributed by atoms with Gasteiger partial charge in [0.1, 0.15) is 0 Å². The number of allylic oxidation sites excluding steroid dienone is 1. The van der Waals surface area contributed by atoms with Crippen molar-refractivity contribution in [3.63, 3.8) is 0 Å². The molecule has 5 nitrogen and oxygen atoms in total. The van der Waals surface area contributed by atoms with Gasteiger partial charge in [0.2, 0.25) is 5.91 Å². The zero-order valence-electron chi connectivity index (χ0n) is 13.7. The molecule has 1 N–H and O–H groups in total. The molecule has 0 bridgehead atoms. The van der Waals surface area contributed by atoms with Crippen LogP contribution in [-0.2, 0) is 14.3 Å². The van der Waals surface area contributed by atoms with Crippen LogP contribution in [0, 0.1) is 0 Å². The van der Waals surface area contributed by atoms with E-state index in [1.54, 1.807) is 12.4 Å². The summed E-state index contributed by atoms with van der Waals surface area (Å²) in [6, 6.07) is 3.71. The summed E-state index contributed by atoms with van der Waals surface area (Å²) >= 11 is 1.50. The van der Waals surface area contributed by atoms with E-state index in [-0.39, 0.29) is 18.1 Å². The Bertz CT molecular complexity index is 518. The predicted octanol–water partition coefficient (Wildman–Crippen LogP) is 2.43. The van der Waals surface area contributed by atoms with Gasteiger partial charge in [-0.2, -0.15) is 0 Å². The predicted molar refractivity (Wildman–Crippen MR) is 91.5 cm³/mol. The number of ether oxygens (including phenoxy) is 2. The van der Waals surface area contributed by atoms with Gasteiger partial charge in [0.05, 0.1) is 31.1 Å². The highest BCUT2D eigenvalue weighted by Gasteiger charge is 2.27. The fourth-order valence-electron chi connectivity index (χ4n) is 2.22. The molecule has 0 saturated carbocycles. The first-order chi connectivity index (χ1) is 11.1. The fraction of sp³-hybridized carbons (Fsp3) is 0.529. The first-order valence-electron chi connectivity index (χ1n) is 7.80. The second-order valence-electron chi connectivity index (χ2n) is 5.66. The van der Waals surface area contributed by atoms with Gasteiger partial charge < -0.3 is 14.8 Å². The van der Waals surface area contributed by atoms with Crippen molar-refractivity contribution in [2.75, 3.05) is 25.6 Å². The zero-order chi connectivity index (χ0) is 16.5. The van der Waals surface area contributed by atoms with Crippen LogP contribution in [0.4, 0.5) is 0 Å². The monoisotopic (exact) mass is 336 g/mol. The van der Waals surface area contributed by atoms with Crippen LogP contribution < -0.4 is 5.32 Å². The summed E-state index contributed by atoms with van der Waals surface area (Å²) in [4.78, 5) is 17.1. The number of rotatable bonds is 7. The molecule has 126 valence electrons. The van der Waals surface area contributed by atoms with Gasteiger partial charge in [-0.25, -0.2) is 0 Å². The van der Waals surface area contributed by atoms with E-state index in [9.17, 15) is 4.79 Å². The van der Waals surface area contributed by atoms with Crippen molar-refractivity contribution in [1.82, 2.24) is 10.3 Å². The first-order valence-corrected chi connectivity index (χ1v) is 8.78. The number of carbonyl (C=O) groups is 1. The molecule has 1 fully saturated rings. The van der Waals surface area contributed by atoms with Gasteiger partial charge in [-0.1, -0.05) is 11.6 Å². The average molecular weight is 336 g/mol. The van der Waals surface area contributed by atoms with Crippen LogP contribution in [0.5, 0.6) is 0 Å². The molecule has 2 heterocycles. The number of nitrogens with one attached hydrogen (secondary N) is 1. The number of aromatic nitrogens is 1. The summed E-state index contributed by atoms with van der Waals surface area (Å²) in [7, 11) is 0. The minimum Gasteiger partial charge on any atom is -0.379 e. The number of carbonyl (C=O) groups excluding carboxylic acids is 1. The first kappa shape index (κ1) is 18.0. The van der Waals surface area contributed by atoms with Crippen LogP contribution in [0.25, 0.3) is 0 Å². The van der Waals surface area contributed by atoms with Gasteiger partial charge in [0.15, 0.2) is 0 Å². The van der Waals surface area contributed by atoms with E-state index < -0.39 is 0 Å². The third-order valence-corrected chi connectivity index (χ3v) is 4.47. The summed E-state index contributed by atoms with van der Waals surface area (Å²) in [5, 5.41) is 3.03. The number of amides is 1. The molecular formula is C17H24N2O3S. The number of pyridine rings is 1. The van der Waals surface area contributed by atoms with Gasteiger partial charge in [-0.3, -0.25) is 9.78 Å². The highest BCUT2D eigenvalue weighted by molar-refractivity contribution is 8.00. The van der Waals surface area contributed by atoms with Gasteiger partial charge in [-0.15, -0.1) is 11.8 Å². The van der Waals surface area contributed by atoms with E-state index in [1.807, 2.05) is 32.1 Å². The topological polar surface area (TPSA) is 60.5 Å². The Morgan fingerprint density at radius 1 is 1.48 bits per heavy atom. The second kappa shape index (κ2) is 9.70. The van der Waals surface area contributed by atoms with Gasteiger partial charge in [0, 0.05) is 23.9 Å². The minimum atomic E-state index is -0.0835. The lowest BCUT2D eigenvalue weighted by molar-refractivity contribution is -0.123. The van der Waals surface area contributed by atoms with E-state index in [1.165, 1.54) is 17.3 Å². The lowest BCUT2D eigenvalue weighted by Gasteiger charge is -2.31. The third-order valence-electron chi connectivity index (χ3n) is 3.46. The van der Waals surface area contributed by atoms with Gasteiger partial charge >= 0.3 is 0 Å². The van der Waals surface area contributed by atoms with Gasteiger partial charge in [-0.05, 0) is 32.4 Å². The molecular weight excluding hydrogens is 312 g/mol. The molecule has 2 rings (SSSR count). The SMILES string of the molecule is CC(C)=CCO[C@H]1CCOC[C@H]1NC(=O)CSc1ccncc1. The minimum absolute atomic E-state index is 0.00173. The fourth-order valence-corrected chi connectivity index (χ4v) is 2.92. The molecule has 0 spiro atoms. The van der Waals surface area contributed by atoms with Crippen molar-refractivity contribution in [2.24, 2.45) is 0 Å². The molecule has 0 radical (unpaired) electrons. The normalized spacial score (nSPS) is 20.8. The number of hydrogen-bond acceptors (Lipinski definition) is 5. The maximum Gasteiger partial charge on any atom is 0.230 e. The lowest BCUT2D eigenvalue weighted by Crippen LogP contribution is -2.51. The summed E-state index contributed by atoms with van der Waals surface area (Å²) in [6.45, 7) is 5.85. The van der Waals surface area contributed by atoms with Gasteiger partial charge in [0.25, 0.3) is 0 Å². The van der Waals surface area contributed by atoms with Crippen molar-refractivity contribution in [3.05, 3.63) is 36.2 Å². The lowest BCUT2D eigenvalue weighted by atomic mass is 10.1. The largest absolute Gasteiger partial charge is 0.379 e. The molecule has 1 aromatic heterocycles. The third kappa shape index (κ3) is 6.72. The second-order valence-corrected chi connectivity index (χ2v) is 6.71. The molecule has 0 aromatic carbocycles. The van der Waals surface area contributed by atoms with E-state index in [4.69, 9.17) is 9.47 Å². The maximum absolute atomic E-state index is 12.1. The van der Waals surface area contributed by atoms with E-state index >= 15 is 0 Å². The van der Waals surface area contributed by atoms with Crippen molar-refractivity contribution >= 4 is 17.7 Å². The Morgan fingerprint density at radius 3 is 3.00 bits per heavy atom. The van der Waals surface area contributed by atoms with Crippen LogP contribution in [0.3, 0.4) is 0 Å². The Morgan fingerprint density at radius 2 is 2.26 bits per heavy atom. The molecule has 1 aliphatic rings. The van der Waals surface area contributed by atoms with Crippen LogP contribution in [-0.4, -0.2) is 48.6 Å². The maximum atomic E-state index is 12.1. The molecule has 0 unspecified atom stereocenters. The van der Waals surface area contributed by atoms with E-state index in [0.717, 1.165) is 11.3 Å². The van der Waals surface area contributed by atoms with Crippen molar-refractivity contribution < 1.29 is 14.3 Å². The van der Waals surface area contributed by atoms with Crippen molar-refractivity contribution in [2.45, 2.75) is 37.3 Å². The molecule has 1 aliphatic heterocycles. The summed E-state index contributed by atoms with van der Waals surface area (Å²) in [5.74, 6) is 0.374. The Kier molecular flexibility index (Phi) is 7.58. The highest BCUT2D eigenvalue weighted by Crippen LogP contribution is 2.17. The van der Waals surface area contributed by atoms with Crippen LogP contribution in [0.15, 0.2) is 41.1 Å². The van der Waals surface area contributed by atoms with E-state index in [0.29, 0.717) is 25.6 Å². The van der Waals surface area contributed by atoms with Crippen LogP contribution >= 0.6 is 11.8 Å². The quantitative estimate of drug-likeness (QED) is 0.612. The van der Waals surface area contributed by atoms with Crippen molar-refractivity contribution in [1.29, 1.82) is 0 Å². The number of nitrogens with zero attached hydrogens (tertiary/aromatic N) is 1. The summed E-state index contributed by atoms with van der Waals surface area (Å²) < 4.78 is 11.4. The molecule has 6 heteroatoms. The Balaban J connectivity index is 1.78. The van der Waals surface area contributed by atoms with E-state index in [2.05, 4.69) is 10.3 Å². The number of thioether (sulfide) groups is 1. The molecule has 0 aliphatic carbocycles. The molecule has 1 saturated heterocycles. The Labute approximate surface area is 141 Å².